The fourth-order valence-corrected chi connectivity index (χ4v) is 1.70. The maximum Gasteiger partial charge on any atom is 0.248 e. The van der Waals surface area contributed by atoms with Crippen molar-refractivity contribution in [3.05, 3.63) is 29.6 Å². The molecule has 0 aromatic heterocycles. The van der Waals surface area contributed by atoms with Crippen molar-refractivity contribution in [2.24, 2.45) is 0 Å². The highest BCUT2D eigenvalue weighted by atomic mass is 32.2. The maximum atomic E-state index is 13.1. The summed E-state index contributed by atoms with van der Waals surface area (Å²) in [6.07, 6.45) is 0. The van der Waals surface area contributed by atoms with Gasteiger partial charge in [0.05, 0.1) is 11.8 Å². The van der Waals surface area contributed by atoms with Crippen LogP contribution in [0.15, 0.2) is 12.1 Å². The van der Waals surface area contributed by atoms with Crippen molar-refractivity contribution < 1.29 is 21.6 Å². The number of nitrogens with one attached hydrogen (secondary N) is 1. The molecule has 4 nitrogen and oxygen atoms in total. The van der Waals surface area contributed by atoms with Crippen LogP contribution in [0.5, 0.6) is 0 Å². The van der Waals surface area contributed by atoms with Crippen molar-refractivity contribution in [3.8, 4) is 6.07 Å². The monoisotopic (exact) mass is 264 g/mol. The molecule has 1 rings (SSSR count). The highest BCUT2D eigenvalue weighted by molar-refractivity contribution is 7.93. The zero-order chi connectivity index (χ0) is 13.2. The van der Waals surface area contributed by atoms with Gasteiger partial charge in [0, 0.05) is 0 Å². The van der Waals surface area contributed by atoms with Gasteiger partial charge in [-0.15, -0.1) is 0 Å². The summed E-state index contributed by atoms with van der Waals surface area (Å²) >= 11 is 0. The molecule has 8 heteroatoms. The number of rotatable bonds is 3. The first-order chi connectivity index (χ1) is 7.79. The number of nitrogens with zero attached hydrogens (tertiary/aromatic N) is 1. The van der Waals surface area contributed by atoms with Crippen LogP contribution in [-0.4, -0.2) is 13.7 Å². The summed E-state index contributed by atoms with van der Waals surface area (Å²) in [6.45, 7) is 1.07. The zero-order valence-electron chi connectivity index (χ0n) is 8.54. The molecule has 0 spiro atoms. The molecule has 1 aromatic rings. The molecule has 0 aliphatic carbocycles. The molecule has 1 N–H and O–H groups in total. The number of hydrogen-bond acceptors (Lipinski definition) is 3. The minimum absolute atomic E-state index is 0.577. The molecule has 0 fully saturated rings. The number of nitriles is 1. The van der Waals surface area contributed by atoms with E-state index in [1.54, 1.807) is 4.72 Å². The van der Waals surface area contributed by atoms with Crippen LogP contribution in [0.2, 0.25) is 0 Å². The largest absolute Gasteiger partial charge is 0.279 e. The second kappa shape index (κ2) is 4.63. The fourth-order valence-electron chi connectivity index (χ4n) is 0.916. The van der Waals surface area contributed by atoms with E-state index in [1.165, 1.54) is 6.07 Å². The summed E-state index contributed by atoms with van der Waals surface area (Å²) in [7, 11) is -4.16. The molecule has 1 aromatic carbocycles. The van der Waals surface area contributed by atoms with E-state index >= 15 is 0 Å². The minimum atomic E-state index is -4.16. The van der Waals surface area contributed by atoms with Crippen LogP contribution in [-0.2, 0) is 10.0 Å². The number of anilines is 1. The summed E-state index contributed by atoms with van der Waals surface area (Å²) in [4.78, 5) is 0. The molecule has 17 heavy (non-hydrogen) atoms. The third-order valence-electron chi connectivity index (χ3n) is 1.93. The first-order valence-electron chi connectivity index (χ1n) is 4.34. The smallest absolute Gasteiger partial charge is 0.248 e. The van der Waals surface area contributed by atoms with Crippen LogP contribution in [0.3, 0.4) is 0 Å². The van der Waals surface area contributed by atoms with Crippen molar-refractivity contribution >= 4 is 15.7 Å². The Balaban J connectivity index is 3.15. The van der Waals surface area contributed by atoms with Gasteiger partial charge in [-0.25, -0.2) is 21.6 Å². The predicted molar refractivity (Wildman–Crippen MR) is 53.9 cm³/mol. The average Bonchev–Trinajstić information content (AvgIpc) is 2.28. The van der Waals surface area contributed by atoms with E-state index in [0.29, 0.717) is 6.07 Å². The van der Waals surface area contributed by atoms with Gasteiger partial charge in [0.1, 0.15) is 0 Å². The summed E-state index contributed by atoms with van der Waals surface area (Å²) < 4.78 is 62.9. The van der Waals surface area contributed by atoms with Crippen LogP contribution < -0.4 is 4.72 Å². The summed E-state index contributed by atoms with van der Waals surface area (Å²) in [5.41, 5.74) is -0.744. The lowest BCUT2D eigenvalue weighted by Gasteiger charge is -2.10. The molecule has 0 aliphatic rings. The summed E-state index contributed by atoms with van der Waals surface area (Å²) in [5.74, 6) is -4.87. The van der Waals surface area contributed by atoms with Gasteiger partial charge in [-0.1, -0.05) is 0 Å². The van der Waals surface area contributed by atoms with Crippen molar-refractivity contribution in [3.63, 3.8) is 0 Å². The predicted octanol–water partition coefficient (Wildman–Crippen LogP) is 1.76. The van der Waals surface area contributed by atoms with Crippen LogP contribution >= 0.6 is 0 Å². The molecule has 92 valence electrons. The normalized spacial score (nSPS) is 12.9. The third kappa shape index (κ3) is 2.68. The van der Waals surface area contributed by atoms with Crippen molar-refractivity contribution in [2.45, 2.75) is 12.2 Å². The molecule has 0 aliphatic heterocycles. The lowest BCUT2D eigenvalue weighted by Crippen LogP contribution is -2.24. The van der Waals surface area contributed by atoms with Gasteiger partial charge in [0.15, 0.2) is 22.7 Å². The van der Waals surface area contributed by atoms with E-state index in [9.17, 15) is 21.6 Å². The van der Waals surface area contributed by atoms with E-state index in [-0.39, 0.29) is 0 Å². The summed E-state index contributed by atoms with van der Waals surface area (Å²) in [6, 6.07) is 2.74. The first-order valence-corrected chi connectivity index (χ1v) is 5.89. The third-order valence-corrected chi connectivity index (χ3v) is 3.48. The van der Waals surface area contributed by atoms with Crippen molar-refractivity contribution in [2.75, 3.05) is 4.72 Å². The molecule has 0 heterocycles. The van der Waals surface area contributed by atoms with E-state index < -0.39 is 38.4 Å². The average molecular weight is 264 g/mol. The van der Waals surface area contributed by atoms with Gasteiger partial charge in [0.2, 0.25) is 10.0 Å². The topological polar surface area (TPSA) is 70.0 Å². The Morgan fingerprint density at radius 3 is 2.41 bits per heavy atom. The summed E-state index contributed by atoms with van der Waals surface area (Å²) in [5, 5.41) is 6.97. The minimum Gasteiger partial charge on any atom is -0.279 e. The van der Waals surface area contributed by atoms with Gasteiger partial charge < -0.3 is 0 Å². The van der Waals surface area contributed by atoms with Gasteiger partial charge in [-0.3, -0.25) is 4.72 Å². The number of sulfonamides is 1. The Labute approximate surface area is 95.7 Å². The second-order valence-electron chi connectivity index (χ2n) is 3.14. The maximum absolute atomic E-state index is 13.1. The number of benzene rings is 1. The lowest BCUT2D eigenvalue weighted by atomic mass is 10.3. The molecule has 0 bridgehead atoms. The van der Waals surface area contributed by atoms with Gasteiger partial charge in [0.25, 0.3) is 0 Å². The molecule has 1 atom stereocenters. The van der Waals surface area contributed by atoms with Gasteiger partial charge >= 0.3 is 0 Å². The molecule has 0 saturated carbocycles. The van der Waals surface area contributed by atoms with Crippen LogP contribution in [0.1, 0.15) is 6.92 Å². The van der Waals surface area contributed by atoms with E-state index in [2.05, 4.69) is 0 Å². The molecule has 1 unspecified atom stereocenters. The Morgan fingerprint density at radius 2 is 1.88 bits per heavy atom. The first kappa shape index (κ1) is 13.3. The number of hydrogen-bond donors (Lipinski definition) is 1. The van der Waals surface area contributed by atoms with Gasteiger partial charge in [-0.05, 0) is 19.1 Å². The Hall–Kier alpha value is -1.75. The highest BCUT2D eigenvalue weighted by Crippen LogP contribution is 2.21. The molecular weight excluding hydrogens is 257 g/mol. The van der Waals surface area contributed by atoms with Crippen LogP contribution in [0.25, 0.3) is 0 Å². The fraction of sp³-hybridized carbons (Fsp3) is 0.222. The molecule has 0 amide bonds. The van der Waals surface area contributed by atoms with Crippen LogP contribution in [0, 0.1) is 28.8 Å². The lowest BCUT2D eigenvalue weighted by molar-refractivity contribution is 0.449. The quantitative estimate of drug-likeness (QED) is 0.845. The zero-order valence-corrected chi connectivity index (χ0v) is 9.35. The van der Waals surface area contributed by atoms with Crippen molar-refractivity contribution in [1.29, 1.82) is 5.26 Å². The molecular formula is C9H7F3N2O2S. The SMILES string of the molecule is CC(C#N)S(=O)(=O)Nc1ccc(F)c(F)c1F. The Morgan fingerprint density at radius 1 is 1.29 bits per heavy atom. The molecule has 0 radical (unpaired) electrons. The Bertz CT molecular complexity index is 581. The number of halogens is 3. The molecule has 0 saturated heterocycles. The Kier molecular flexibility index (Phi) is 3.63. The van der Waals surface area contributed by atoms with Crippen molar-refractivity contribution in [1.82, 2.24) is 0 Å². The highest BCUT2D eigenvalue weighted by Gasteiger charge is 2.23. The van der Waals surface area contributed by atoms with E-state index in [1.807, 2.05) is 0 Å². The standard InChI is InChI=1S/C9H7F3N2O2S/c1-5(4-13)17(15,16)14-7-3-2-6(10)8(11)9(7)12/h2-3,5,14H,1H3. The van der Waals surface area contributed by atoms with E-state index in [0.717, 1.165) is 13.0 Å². The second-order valence-corrected chi connectivity index (χ2v) is 5.14. The van der Waals surface area contributed by atoms with Gasteiger partial charge in [-0.2, -0.15) is 5.26 Å². The van der Waals surface area contributed by atoms with Crippen LogP contribution in [0.4, 0.5) is 18.9 Å². The van der Waals surface area contributed by atoms with E-state index in [4.69, 9.17) is 5.26 Å².